The number of piperazine rings is 1. The van der Waals surface area contributed by atoms with Crippen LogP contribution in [0.25, 0.3) is 0 Å². The normalized spacial score (nSPS) is 19.1. The number of hydrogen-bond donors (Lipinski definition) is 3. The molecule has 9 nitrogen and oxygen atoms in total. The molecule has 1 atom stereocenters. The molecule has 1 aromatic heterocycles. The molecule has 19 heavy (non-hydrogen) atoms. The molecular weight excluding hydrogens is 252 g/mol. The second-order valence-corrected chi connectivity index (χ2v) is 3.95. The molecule has 0 aromatic carbocycles. The van der Waals surface area contributed by atoms with Crippen molar-refractivity contribution in [3.05, 3.63) is 18.1 Å². The number of carbonyl (C=O) groups is 3. The van der Waals surface area contributed by atoms with Gasteiger partial charge in [-0.3, -0.25) is 19.7 Å². The second-order valence-electron chi connectivity index (χ2n) is 3.95. The fourth-order valence-electron chi connectivity index (χ4n) is 1.62. The number of rotatable bonds is 2. The summed E-state index contributed by atoms with van der Waals surface area (Å²) in [5.41, 5.74) is 2.31. The highest BCUT2D eigenvalue weighted by molar-refractivity contribution is 6.06. The first kappa shape index (κ1) is 12.9. The highest BCUT2D eigenvalue weighted by Gasteiger charge is 2.34. The molecule has 1 saturated heterocycles. The van der Waals surface area contributed by atoms with Gasteiger partial charge < -0.3 is 10.3 Å². The standard InChI is InChI=1S/C10H12N6O3/c1-5-9(18)14-8(17)4-16(5)10(19)6-2-13-7(15-11)3-12-6/h2-3,5H,4,11H2,1H3,(H,13,15)(H,14,17,18). The van der Waals surface area contributed by atoms with Crippen LogP contribution in [0.4, 0.5) is 5.82 Å². The molecular formula is C10H12N6O3. The number of anilines is 1. The zero-order valence-corrected chi connectivity index (χ0v) is 10.1. The highest BCUT2D eigenvalue weighted by atomic mass is 16.2. The fraction of sp³-hybridized carbons (Fsp3) is 0.300. The van der Waals surface area contributed by atoms with Crippen molar-refractivity contribution in [1.82, 2.24) is 20.2 Å². The zero-order valence-electron chi connectivity index (χ0n) is 10.1. The van der Waals surface area contributed by atoms with Gasteiger partial charge in [-0.15, -0.1) is 0 Å². The number of nitrogen functional groups attached to an aromatic ring is 1. The van der Waals surface area contributed by atoms with E-state index in [1.807, 2.05) is 0 Å². The van der Waals surface area contributed by atoms with Gasteiger partial charge in [0, 0.05) is 0 Å². The first-order valence-corrected chi connectivity index (χ1v) is 5.46. The Hall–Kier alpha value is -2.55. The van der Waals surface area contributed by atoms with E-state index >= 15 is 0 Å². The molecule has 9 heteroatoms. The van der Waals surface area contributed by atoms with Crippen molar-refractivity contribution in [3.63, 3.8) is 0 Å². The van der Waals surface area contributed by atoms with Crippen LogP contribution in [0.15, 0.2) is 12.4 Å². The average molecular weight is 264 g/mol. The third-order valence-corrected chi connectivity index (χ3v) is 2.70. The molecule has 1 fully saturated rings. The molecule has 2 rings (SSSR count). The maximum absolute atomic E-state index is 12.1. The van der Waals surface area contributed by atoms with Crippen molar-refractivity contribution in [2.45, 2.75) is 13.0 Å². The van der Waals surface area contributed by atoms with Crippen LogP contribution < -0.4 is 16.6 Å². The number of amides is 3. The molecule has 1 aliphatic heterocycles. The Balaban J connectivity index is 2.22. The van der Waals surface area contributed by atoms with Gasteiger partial charge in [-0.2, -0.15) is 0 Å². The van der Waals surface area contributed by atoms with Crippen molar-refractivity contribution >= 4 is 23.5 Å². The van der Waals surface area contributed by atoms with Crippen LogP contribution >= 0.6 is 0 Å². The minimum Gasteiger partial charge on any atom is -0.316 e. The Morgan fingerprint density at radius 3 is 2.79 bits per heavy atom. The van der Waals surface area contributed by atoms with E-state index in [-0.39, 0.29) is 12.2 Å². The van der Waals surface area contributed by atoms with E-state index in [0.717, 1.165) is 4.90 Å². The number of nitrogens with zero attached hydrogens (tertiary/aromatic N) is 3. The van der Waals surface area contributed by atoms with Gasteiger partial charge in [0.25, 0.3) is 5.91 Å². The monoisotopic (exact) mass is 264 g/mol. The Kier molecular flexibility index (Phi) is 3.38. The lowest BCUT2D eigenvalue weighted by Crippen LogP contribution is -2.58. The van der Waals surface area contributed by atoms with Gasteiger partial charge in [-0.25, -0.2) is 15.8 Å². The molecule has 1 unspecified atom stereocenters. The number of nitrogens with one attached hydrogen (secondary N) is 2. The zero-order chi connectivity index (χ0) is 14.0. The molecule has 100 valence electrons. The van der Waals surface area contributed by atoms with Gasteiger partial charge in [0.1, 0.15) is 18.3 Å². The average Bonchev–Trinajstić information content (AvgIpc) is 2.42. The van der Waals surface area contributed by atoms with Crippen molar-refractivity contribution in [3.8, 4) is 0 Å². The lowest BCUT2D eigenvalue weighted by molar-refractivity contribution is -0.138. The van der Waals surface area contributed by atoms with Crippen LogP contribution in [0.5, 0.6) is 0 Å². The van der Waals surface area contributed by atoms with Crippen LogP contribution in [-0.4, -0.2) is 45.2 Å². The summed E-state index contributed by atoms with van der Waals surface area (Å²) >= 11 is 0. The van der Waals surface area contributed by atoms with Crippen LogP contribution in [0.2, 0.25) is 0 Å². The van der Waals surface area contributed by atoms with E-state index < -0.39 is 23.8 Å². The number of imide groups is 1. The predicted octanol–water partition coefficient (Wildman–Crippen LogP) is -1.75. The van der Waals surface area contributed by atoms with Crippen LogP contribution in [0, 0.1) is 0 Å². The first-order chi connectivity index (χ1) is 9.02. The summed E-state index contributed by atoms with van der Waals surface area (Å²) < 4.78 is 0. The summed E-state index contributed by atoms with van der Waals surface area (Å²) in [6, 6.07) is -0.737. The third kappa shape index (κ3) is 2.50. The minimum absolute atomic E-state index is 0.0355. The number of aromatic nitrogens is 2. The molecule has 3 amide bonds. The van der Waals surface area contributed by atoms with E-state index in [0.29, 0.717) is 5.82 Å². The van der Waals surface area contributed by atoms with Crippen molar-refractivity contribution < 1.29 is 14.4 Å². The van der Waals surface area contributed by atoms with Gasteiger partial charge in [0.2, 0.25) is 11.8 Å². The molecule has 0 aliphatic carbocycles. The minimum atomic E-state index is -0.737. The van der Waals surface area contributed by atoms with Crippen LogP contribution in [0.3, 0.4) is 0 Å². The molecule has 2 heterocycles. The topological polar surface area (TPSA) is 130 Å². The van der Waals surface area contributed by atoms with Gasteiger partial charge in [0.15, 0.2) is 5.82 Å². The quantitative estimate of drug-likeness (QED) is 0.328. The van der Waals surface area contributed by atoms with E-state index in [1.54, 1.807) is 0 Å². The summed E-state index contributed by atoms with van der Waals surface area (Å²) in [4.78, 5) is 43.7. The predicted molar refractivity (Wildman–Crippen MR) is 63.5 cm³/mol. The van der Waals surface area contributed by atoms with Crippen molar-refractivity contribution in [2.24, 2.45) is 5.84 Å². The first-order valence-electron chi connectivity index (χ1n) is 5.46. The lowest BCUT2D eigenvalue weighted by Gasteiger charge is -2.31. The Labute approximate surface area is 108 Å². The van der Waals surface area contributed by atoms with Gasteiger partial charge >= 0.3 is 0 Å². The van der Waals surface area contributed by atoms with E-state index in [1.165, 1.54) is 19.3 Å². The smallest absolute Gasteiger partial charge is 0.275 e. The largest absolute Gasteiger partial charge is 0.316 e. The third-order valence-electron chi connectivity index (χ3n) is 2.70. The van der Waals surface area contributed by atoms with E-state index in [4.69, 9.17) is 5.84 Å². The molecule has 0 radical (unpaired) electrons. The number of hydrazine groups is 1. The molecule has 0 saturated carbocycles. The maximum atomic E-state index is 12.1. The van der Waals surface area contributed by atoms with Crippen molar-refractivity contribution in [1.29, 1.82) is 0 Å². The molecule has 4 N–H and O–H groups in total. The van der Waals surface area contributed by atoms with E-state index in [2.05, 4.69) is 20.7 Å². The van der Waals surface area contributed by atoms with Crippen LogP contribution in [-0.2, 0) is 9.59 Å². The maximum Gasteiger partial charge on any atom is 0.275 e. The second kappa shape index (κ2) is 4.98. The summed E-state index contributed by atoms with van der Waals surface area (Å²) in [6.07, 6.45) is 2.50. The van der Waals surface area contributed by atoms with Gasteiger partial charge in [0.05, 0.1) is 12.4 Å². The van der Waals surface area contributed by atoms with Gasteiger partial charge in [-0.05, 0) is 6.92 Å². The van der Waals surface area contributed by atoms with Gasteiger partial charge in [-0.1, -0.05) is 0 Å². The molecule has 1 aliphatic rings. The fourth-order valence-corrected chi connectivity index (χ4v) is 1.62. The summed E-state index contributed by atoms with van der Waals surface area (Å²) in [7, 11) is 0. The highest BCUT2D eigenvalue weighted by Crippen LogP contribution is 2.10. The Morgan fingerprint density at radius 1 is 1.47 bits per heavy atom. The molecule has 0 bridgehead atoms. The number of carbonyl (C=O) groups excluding carboxylic acids is 3. The Bertz CT molecular complexity index is 529. The number of hydrogen-bond acceptors (Lipinski definition) is 7. The van der Waals surface area contributed by atoms with Crippen LogP contribution in [0.1, 0.15) is 17.4 Å². The number of nitrogens with two attached hydrogens (primary N) is 1. The Morgan fingerprint density at radius 2 is 2.21 bits per heavy atom. The van der Waals surface area contributed by atoms with Crippen molar-refractivity contribution in [2.75, 3.05) is 12.0 Å². The molecule has 1 aromatic rings. The summed E-state index contributed by atoms with van der Waals surface area (Å²) in [5, 5.41) is 2.15. The SMILES string of the molecule is CC1C(=O)NC(=O)CN1C(=O)c1cnc(NN)cn1. The lowest BCUT2D eigenvalue weighted by atomic mass is 10.2. The molecule has 0 spiro atoms. The summed E-state index contributed by atoms with van der Waals surface area (Å²) in [6.45, 7) is 1.34. The van der Waals surface area contributed by atoms with E-state index in [9.17, 15) is 14.4 Å². The summed E-state index contributed by atoms with van der Waals surface area (Å²) in [5.74, 6) is 3.86.